The molecule has 0 spiro atoms. The summed E-state index contributed by atoms with van der Waals surface area (Å²) in [5, 5.41) is 5.30. The van der Waals surface area contributed by atoms with Crippen molar-refractivity contribution in [2.24, 2.45) is 0 Å². The number of carbonyl (C=O) groups is 1. The zero-order valence-electron chi connectivity index (χ0n) is 11.2. The van der Waals surface area contributed by atoms with Gasteiger partial charge in [-0.25, -0.2) is 13.2 Å². The second kappa shape index (κ2) is 5.53. The fourth-order valence-corrected chi connectivity index (χ4v) is 3.79. The molecule has 0 aliphatic carbocycles. The van der Waals surface area contributed by atoms with Gasteiger partial charge in [0, 0.05) is 17.1 Å². The van der Waals surface area contributed by atoms with Crippen molar-refractivity contribution in [1.82, 2.24) is 10.6 Å². The fraction of sp³-hybridized carbons (Fsp3) is 0.500. The molecule has 1 fully saturated rings. The summed E-state index contributed by atoms with van der Waals surface area (Å²) in [6.07, 6.45) is 0.173. The second-order valence-corrected chi connectivity index (χ2v) is 6.51. The average Bonchev–Trinajstić information content (AvgIpc) is 2.80. The number of benzene rings is 1. The van der Waals surface area contributed by atoms with E-state index in [1.54, 1.807) is 17.8 Å². The molecule has 2 aliphatic heterocycles. The minimum Gasteiger partial charge on any atom is -0.348 e. The highest BCUT2D eigenvalue weighted by atomic mass is 32.2. The Balaban J connectivity index is 1.72. The molecule has 2 unspecified atom stereocenters. The lowest BCUT2D eigenvalue weighted by atomic mass is 10.0. The van der Waals surface area contributed by atoms with Crippen molar-refractivity contribution >= 4 is 17.7 Å². The first-order valence-corrected chi connectivity index (χ1v) is 7.77. The molecule has 1 aromatic rings. The predicted octanol–water partition coefficient (Wildman–Crippen LogP) is 2.48. The first-order chi connectivity index (χ1) is 9.94. The summed E-state index contributed by atoms with van der Waals surface area (Å²) in [5.74, 6) is -2.84. The second-order valence-electron chi connectivity index (χ2n) is 5.37. The van der Waals surface area contributed by atoms with E-state index in [1.165, 1.54) is 12.1 Å². The Bertz CT molecular complexity index is 567. The van der Waals surface area contributed by atoms with Crippen molar-refractivity contribution in [2.45, 2.75) is 35.7 Å². The monoisotopic (exact) mass is 316 g/mol. The SMILES string of the molecule is O=C(NC1CCSc2ccc(F)cc21)C1CC(F)(F)CN1. The zero-order chi connectivity index (χ0) is 15.0. The number of halogens is 3. The molecule has 0 radical (unpaired) electrons. The van der Waals surface area contributed by atoms with Crippen LogP contribution in [0.1, 0.15) is 24.4 Å². The molecule has 1 saturated heterocycles. The van der Waals surface area contributed by atoms with Crippen LogP contribution in [0.2, 0.25) is 0 Å². The number of alkyl halides is 2. The Morgan fingerprint density at radius 2 is 2.24 bits per heavy atom. The van der Waals surface area contributed by atoms with Gasteiger partial charge in [-0.2, -0.15) is 0 Å². The molecule has 2 aliphatic rings. The number of nitrogens with one attached hydrogen (secondary N) is 2. The number of fused-ring (bicyclic) bond motifs is 1. The number of thioether (sulfide) groups is 1. The molecule has 3 rings (SSSR count). The molecule has 0 aromatic heterocycles. The maximum absolute atomic E-state index is 13.4. The highest BCUT2D eigenvalue weighted by Gasteiger charge is 2.42. The number of hydrogen-bond donors (Lipinski definition) is 2. The van der Waals surface area contributed by atoms with E-state index in [1.807, 2.05) is 0 Å². The molecule has 0 saturated carbocycles. The van der Waals surface area contributed by atoms with Crippen LogP contribution >= 0.6 is 11.8 Å². The predicted molar refractivity (Wildman–Crippen MR) is 74.0 cm³/mol. The highest BCUT2D eigenvalue weighted by Crippen LogP contribution is 2.36. The Labute approximate surface area is 124 Å². The van der Waals surface area contributed by atoms with E-state index in [-0.39, 0.29) is 11.9 Å². The summed E-state index contributed by atoms with van der Waals surface area (Å²) in [7, 11) is 0. The summed E-state index contributed by atoms with van der Waals surface area (Å²) in [4.78, 5) is 13.0. The van der Waals surface area contributed by atoms with Crippen molar-refractivity contribution in [3.63, 3.8) is 0 Å². The van der Waals surface area contributed by atoms with E-state index in [0.717, 1.165) is 16.2 Å². The first kappa shape index (κ1) is 14.7. The summed E-state index contributed by atoms with van der Waals surface area (Å²) in [5.41, 5.74) is 0.726. The normalized spacial score (nSPS) is 27.2. The van der Waals surface area contributed by atoms with Crippen molar-refractivity contribution in [1.29, 1.82) is 0 Å². The Kier molecular flexibility index (Phi) is 3.88. The Hall–Kier alpha value is -1.21. The average molecular weight is 316 g/mol. The molecule has 2 atom stereocenters. The van der Waals surface area contributed by atoms with Crippen molar-refractivity contribution in [3.05, 3.63) is 29.6 Å². The molecular weight excluding hydrogens is 301 g/mol. The molecule has 1 amide bonds. The number of carbonyl (C=O) groups excluding carboxylic acids is 1. The van der Waals surface area contributed by atoms with Crippen molar-refractivity contribution in [3.8, 4) is 0 Å². The van der Waals surface area contributed by atoms with Crippen LogP contribution in [0.5, 0.6) is 0 Å². The zero-order valence-corrected chi connectivity index (χ0v) is 12.0. The van der Waals surface area contributed by atoms with Crippen molar-refractivity contribution in [2.75, 3.05) is 12.3 Å². The molecular formula is C14H15F3N2OS. The van der Waals surface area contributed by atoms with E-state index in [4.69, 9.17) is 0 Å². The quantitative estimate of drug-likeness (QED) is 0.881. The summed E-state index contributed by atoms with van der Waals surface area (Å²) < 4.78 is 39.6. The van der Waals surface area contributed by atoms with Gasteiger partial charge in [0.2, 0.25) is 5.91 Å². The minimum atomic E-state index is -2.84. The van der Waals surface area contributed by atoms with Gasteiger partial charge in [0.25, 0.3) is 5.92 Å². The van der Waals surface area contributed by atoms with Crippen molar-refractivity contribution < 1.29 is 18.0 Å². The number of rotatable bonds is 2. The maximum atomic E-state index is 13.4. The van der Waals surface area contributed by atoms with Crippen LogP contribution in [0.4, 0.5) is 13.2 Å². The van der Waals surface area contributed by atoms with Gasteiger partial charge >= 0.3 is 0 Å². The Morgan fingerprint density at radius 3 is 2.95 bits per heavy atom. The van der Waals surface area contributed by atoms with E-state index >= 15 is 0 Å². The van der Waals surface area contributed by atoms with Gasteiger partial charge in [0.1, 0.15) is 5.82 Å². The van der Waals surface area contributed by atoms with E-state index in [0.29, 0.717) is 6.42 Å². The van der Waals surface area contributed by atoms with E-state index in [2.05, 4.69) is 10.6 Å². The molecule has 2 N–H and O–H groups in total. The first-order valence-electron chi connectivity index (χ1n) is 6.78. The fourth-order valence-electron chi connectivity index (χ4n) is 2.69. The van der Waals surface area contributed by atoms with Crippen LogP contribution in [0.15, 0.2) is 23.1 Å². The van der Waals surface area contributed by atoms with Gasteiger partial charge in [-0.15, -0.1) is 11.8 Å². The standard InChI is InChI=1S/C14H15F3N2OS/c15-8-1-2-12-9(5-8)10(3-4-21-12)19-13(20)11-6-14(16,17)7-18-11/h1-2,5,10-11,18H,3-4,6-7H2,(H,19,20). The minimum absolute atomic E-state index is 0.319. The third-order valence-corrected chi connectivity index (χ3v) is 4.88. The van der Waals surface area contributed by atoms with Crippen LogP contribution in [0.25, 0.3) is 0 Å². The van der Waals surface area contributed by atoms with Crippen LogP contribution in [0, 0.1) is 5.82 Å². The van der Waals surface area contributed by atoms with Gasteiger partial charge in [0.05, 0.1) is 18.6 Å². The highest BCUT2D eigenvalue weighted by molar-refractivity contribution is 7.99. The third-order valence-electron chi connectivity index (χ3n) is 3.75. The Morgan fingerprint density at radius 1 is 1.43 bits per heavy atom. The molecule has 3 nitrogen and oxygen atoms in total. The van der Waals surface area contributed by atoms with Crippen LogP contribution in [0.3, 0.4) is 0 Å². The molecule has 7 heteroatoms. The summed E-state index contributed by atoms with van der Waals surface area (Å²) in [6.45, 7) is -0.475. The lowest BCUT2D eigenvalue weighted by molar-refractivity contribution is -0.124. The van der Waals surface area contributed by atoms with E-state index in [9.17, 15) is 18.0 Å². The lowest BCUT2D eigenvalue weighted by Crippen LogP contribution is -2.42. The topological polar surface area (TPSA) is 41.1 Å². The number of amides is 1. The summed E-state index contributed by atoms with van der Waals surface area (Å²) >= 11 is 1.61. The maximum Gasteiger partial charge on any atom is 0.262 e. The molecule has 2 heterocycles. The molecule has 1 aromatic carbocycles. The van der Waals surface area contributed by atoms with Gasteiger partial charge in [-0.3, -0.25) is 10.1 Å². The molecule has 0 bridgehead atoms. The van der Waals surface area contributed by atoms with Gasteiger partial charge < -0.3 is 5.32 Å². The number of hydrogen-bond acceptors (Lipinski definition) is 3. The van der Waals surface area contributed by atoms with Crippen LogP contribution in [-0.4, -0.2) is 30.2 Å². The van der Waals surface area contributed by atoms with Gasteiger partial charge in [0.15, 0.2) is 0 Å². The summed E-state index contributed by atoms with van der Waals surface area (Å²) in [6, 6.07) is 3.28. The molecule has 21 heavy (non-hydrogen) atoms. The third kappa shape index (κ3) is 3.18. The largest absolute Gasteiger partial charge is 0.348 e. The van der Waals surface area contributed by atoms with Crippen LogP contribution < -0.4 is 10.6 Å². The molecule has 114 valence electrons. The van der Waals surface area contributed by atoms with Gasteiger partial charge in [-0.1, -0.05) is 0 Å². The smallest absolute Gasteiger partial charge is 0.262 e. The van der Waals surface area contributed by atoms with Gasteiger partial charge in [-0.05, 0) is 30.2 Å². The van der Waals surface area contributed by atoms with Crippen LogP contribution in [-0.2, 0) is 4.79 Å². The van der Waals surface area contributed by atoms with E-state index < -0.39 is 30.8 Å². The lowest BCUT2D eigenvalue weighted by Gasteiger charge is -2.27.